The summed E-state index contributed by atoms with van der Waals surface area (Å²) in [5.41, 5.74) is 3.15. The fourth-order valence-corrected chi connectivity index (χ4v) is 4.95. The van der Waals surface area contributed by atoms with E-state index >= 15 is 0 Å². The fourth-order valence-electron chi connectivity index (χ4n) is 4.95. The first-order valence-electron chi connectivity index (χ1n) is 8.21. The van der Waals surface area contributed by atoms with Gasteiger partial charge in [-0.25, -0.2) is 0 Å². The topological polar surface area (TPSA) is 18.5 Å². The molecule has 21 heavy (non-hydrogen) atoms. The van der Waals surface area contributed by atoms with Gasteiger partial charge in [0.2, 0.25) is 0 Å². The molecular weight excluding hydrogens is 260 g/mol. The number of rotatable bonds is 1. The van der Waals surface area contributed by atoms with Crippen LogP contribution in [0.3, 0.4) is 0 Å². The molecule has 2 heteroatoms. The minimum absolute atomic E-state index is 0.0693. The maximum Gasteiger partial charge on any atom is 0.119 e. The molecule has 0 amide bonds. The smallest absolute Gasteiger partial charge is 0.119 e. The molecule has 112 valence electrons. The van der Waals surface area contributed by atoms with Crippen LogP contribution in [-0.2, 0) is 11.2 Å². The molecule has 1 fully saturated rings. The zero-order chi connectivity index (χ0) is 14.4. The van der Waals surface area contributed by atoms with E-state index in [2.05, 4.69) is 31.2 Å². The summed E-state index contributed by atoms with van der Waals surface area (Å²) in [5, 5.41) is 0. The molecule has 3 aliphatic rings. The normalized spacial score (nSPS) is 37.0. The van der Waals surface area contributed by atoms with Gasteiger partial charge in [0.05, 0.1) is 13.4 Å². The molecular formula is C19H24O2. The summed E-state index contributed by atoms with van der Waals surface area (Å²) in [6, 6.07) is 6.69. The van der Waals surface area contributed by atoms with Crippen LogP contribution in [-0.4, -0.2) is 12.7 Å². The summed E-state index contributed by atoms with van der Waals surface area (Å²) in [6.07, 6.45) is 10.2. The van der Waals surface area contributed by atoms with Gasteiger partial charge >= 0.3 is 0 Å². The Morgan fingerprint density at radius 2 is 2.19 bits per heavy atom. The van der Waals surface area contributed by atoms with Crippen molar-refractivity contribution in [2.24, 2.45) is 11.8 Å². The number of aryl methyl sites for hydroxylation is 1. The van der Waals surface area contributed by atoms with E-state index in [0.29, 0.717) is 11.8 Å². The molecule has 1 aromatic carbocycles. The first-order valence-corrected chi connectivity index (χ1v) is 8.21. The van der Waals surface area contributed by atoms with Gasteiger partial charge in [0.15, 0.2) is 0 Å². The van der Waals surface area contributed by atoms with Crippen LogP contribution in [0, 0.1) is 11.8 Å². The van der Waals surface area contributed by atoms with Gasteiger partial charge in [-0.3, -0.25) is 0 Å². The van der Waals surface area contributed by atoms with Crippen molar-refractivity contribution in [3.8, 4) is 5.75 Å². The Kier molecular flexibility index (Phi) is 3.02. The molecule has 0 bridgehead atoms. The van der Waals surface area contributed by atoms with Crippen LogP contribution >= 0.6 is 0 Å². The molecule has 1 heterocycles. The lowest BCUT2D eigenvalue weighted by Crippen LogP contribution is -2.49. The maximum atomic E-state index is 6.04. The molecule has 4 atom stereocenters. The van der Waals surface area contributed by atoms with Gasteiger partial charge < -0.3 is 9.47 Å². The number of allylic oxidation sites excluding steroid dienone is 1. The van der Waals surface area contributed by atoms with E-state index < -0.39 is 0 Å². The number of hydrogen-bond donors (Lipinski definition) is 0. The average molecular weight is 284 g/mol. The summed E-state index contributed by atoms with van der Waals surface area (Å²) in [6.45, 7) is 2.32. The Bertz CT molecular complexity index is 577. The highest BCUT2D eigenvalue weighted by Crippen LogP contribution is 2.54. The molecule has 2 nitrogen and oxygen atoms in total. The summed E-state index contributed by atoms with van der Waals surface area (Å²) in [7, 11) is 1.76. The van der Waals surface area contributed by atoms with Crippen molar-refractivity contribution in [1.29, 1.82) is 0 Å². The van der Waals surface area contributed by atoms with Crippen molar-refractivity contribution >= 4 is 0 Å². The lowest BCUT2D eigenvalue weighted by atomic mass is 9.57. The molecule has 0 unspecified atom stereocenters. The molecule has 4 rings (SSSR count). The Morgan fingerprint density at radius 3 is 3.05 bits per heavy atom. The highest BCUT2D eigenvalue weighted by molar-refractivity contribution is 5.40. The minimum Gasteiger partial charge on any atom is -0.497 e. The van der Waals surface area contributed by atoms with Crippen molar-refractivity contribution in [2.75, 3.05) is 7.11 Å². The number of methoxy groups -OCH3 is 1. The zero-order valence-corrected chi connectivity index (χ0v) is 13.0. The van der Waals surface area contributed by atoms with Gasteiger partial charge in [-0.05, 0) is 80.2 Å². The average Bonchev–Trinajstić information content (AvgIpc) is 2.53. The van der Waals surface area contributed by atoms with Gasteiger partial charge in [0.1, 0.15) is 11.4 Å². The highest BCUT2D eigenvalue weighted by Gasteiger charge is 2.49. The second-order valence-electron chi connectivity index (χ2n) is 7.06. The van der Waals surface area contributed by atoms with E-state index in [9.17, 15) is 0 Å². The highest BCUT2D eigenvalue weighted by atomic mass is 16.5. The summed E-state index contributed by atoms with van der Waals surface area (Å²) < 4.78 is 11.4. The number of ether oxygens (including phenoxy) is 2. The maximum absolute atomic E-state index is 6.04. The molecule has 1 aromatic rings. The molecule has 2 aliphatic carbocycles. The largest absolute Gasteiger partial charge is 0.497 e. The van der Waals surface area contributed by atoms with Crippen LogP contribution in [0.25, 0.3) is 0 Å². The van der Waals surface area contributed by atoms with Crippen LogP contribution < -0.4 is 4.74 Å². The minimum atomic E-state index is 0.0693. The Morgan fingerprint density at radius 1 is 1.29 bits per heavy atom. The van der Waals surface area contributed by atoms with Crippen molar-refractivity contribution in [3.63, 3.8) is 0 Å². The first-order chi connectivity index (χ1) is 10.2. The Labute approximate surface area is 127 Å². The number of benzene rings is 1. The SMILES string of the molecule is COc1ccc2c(c1)CC[C@@H]1[C@@H]2CC[C@]2(C)OC=CC[C@@H]12. The lowest BCUT2D eigenvalue weighted by molar-refractivity contribution is -0.0886. The van der Waals surface area contributed by atoms with Gasteiger partial charge in [0.25, 0.3) is 0 Å². The van der Waals surface area contributed by atoms with Gasteiger partial charge in [-0.15, -0.1) is 0 Å². The third kappa shape index (κ3) is 1.99. The standard InChI is InChI=1S/C19H24O2/c1-19-10-9-16-15-8-6-14(20-2)12-13(15)5-7-17(16)18(19)4-3-11-21-19/h3,6,8,11-12,16-18H,4-5,7,9-10H2,1-2H3/t16-,17-,18+,19+/m1/s1. The van der Waals surface area contributed by atoms with E-state index in [1.165, 1.54) is 37.7 Å². The molecule has 0 radical (unpaired) electrons. The van der Waals surface area contributed by atoms with Gasteiger partial charge in [0, 0.05) is 5.92 Å². The number of hydrogen-bond acceptors (Lipinski definition) is 2. The Balaban J connectivity index is 1.69. The summed E-state index contributed by atoms with van der Waals surface area (Å²) in [5.74, 6) is 3.16. The van der Waals surface area contributed by atoms with E-state index in [0.717, 1.165) is 11.7 Å². The predicted molar refractivity (Wildman–Crippen MR) is 83.5 cm³/mol. The molecule has 0 N–H and O–H groups in total. The van der Waals surface area contributed by atoms with Crippen LogP contribution in [0.1, 0.15) is 49.7 Å². The summed E-state index contributed by atoms with van der Waals surface area (Å²) >= 11 is 0. The van der Waals surface area contributed by atoms with E-state index in [-0.39, 0.29) is 5.60 Å². The fraction of sp³-hybridized carbons (Fsp3) is 0.579. The monoisotopic (exact) mass is 284 g/mol. The Hall–Kier alpha value is -1.44. The number of fused-ring (bicyclic) bond motifs is 5. The van der Waals surface area contributed by atoms with Crippen molar-refractivity contribution in [1.82, 2.24) is 0 Å². The van der Waals surface area contributed by atoms with E-state index in [1.54, 1.807) is 12.7 Å². The third-order valence-corrected chi connectivity index (χ3v) is 6.09. The molecule has 1 aliphatic heterocycles. The molecule has 1 saturated carbocycles. The van der Waals surface area contributed by atoms with Crippen molar-refractivity contribution in [3.05, 3.63) is 41.7 Å². The van der Waals surface area contributed by atoms with Gasteiger partial charge in [-0.2, -0.15) is 0 Å². The van der Waals surface area contributed by atoms with E-state index in [4.69, 9.17) is 9.47 Å². The third-order valence-electron chi connectivity index (χ3n) is 6.09. The molecule has 0 aromatic heterocycles. The molecule has 0 saturated heterocycles. The second kappa shape index (κ2) is 4.79. The predicted octanol–water partition coefficient (Wildman–Crippen LogP) is 4.44. The van der Waals surface area contributed by atoms with Crippen LogP contribution in [0.15, 0.2) is 30.5 Å². The quantitative estimate of drug-likeness (QED) is 0.759. The lowest BCUT2D eigenvalue weighted by Gasteiger charge is -2.52. The van der Waals surface area contributed by atoms with E-state index in [1.807, 2.05) is 6.26 Å². The first kappa shape index (κ1) is 13.2. The second-order valence-corrected chi connectivity index (χ2v) is 7.06. The summed E-state index contributed by atoms with van der Waals surface area (Å²) in [4.78, 5) is 0. The zero-order valence-electron chi connectivity index (χ0n) is 13.0. The van der Waals surface area contributed by atoms with Crippen molar-refractivity contribution < 1.29 is 9.47 Å². The van der Waals surface area contributed by atoms with Crippen LogP contribution in [0.4, 0.5) is 0 Å². The van der Waals surface area contributed by atoms with Gasteiger partial charge in [-0.1, -0.05) is 6.07 Å². The van der Waals surface area contributed by atoms with Crippen LogP contribution in [0.2, 0.25) is 0 Å². The van der Waals surface area contributed by atoms with Crippen LogP contribution in [0.5, 0.6) is 5.75 Å². The van der Waals surface area contributed by atoms with Crippen molar-refractivity contribution in [2.45, 2.75) is 50.5 Å². The molecule has 0 spiro atoms.